The fraction of sp³-hybridized carbons (Fsp3) is 0.222. The van der Waals surface area contributed by atoms with E-state index in [1.54, 1.807) is 0 Å². The van der Waals surface area contributed by atoms with Gasteiger partial charge in [0.15, 0.2) is 5.82 Å². The lowest BCUT2D eigenvalue weighted by Gasteiger charge is -2.09. The fourth-order valence-corrected chi connectivity index (χ4v) is 2.74. The number of carbonyl (C=O) groups excluding carboxylic acids is 1. The molecule has 1 saturated carbocycles. The van der Waals surface area contributed by atoms with E-state index < -0.39 is 4.92 Å². The first-order valence-electron chi connectivity index (χ1n) is 8.76. The molecule has 0 unspecified atom stereocenters. The average molecular weight is 379 g/mol. The number of rotatable bonds is 7. The molecular formula is C18H17N7O3. The molecule has 1 aromatic heterocycles. The predicted octanol–water partition coefficient (Wildman–Crippen LogP) is 2.63. The van der Waals surface area contributed by atoms with Crippen molar-refractivity contribution in [1.82, 2.24) is 20.2 Å². The number of nitrogens with one attached hydrogen (secondary N) is 2. The van der Waals surface area contributed by atoms with Crippen molar-refractivity contribution in [3.05, 3.63) is 58.6 Å². The minimum Gasteiger partial charge on any atom is -0.376 e. The zero-order chi connectivity index (χ0) is 19.5. The summed E-state index contributed by atoms with van der Waals surface area (Å²) >= 11 is 0. The largest absolute Gasteiger partial charge is 0.376 e. The van der Waals surface area contributed by atoms with Crippen LogP contribution in [0.25, 0.3) is 11.4 Å². The number of benzene rings is 2. The summed E-state index contributed by atoms with van der Waals surface area (Å²) in [6.45, 7) is 0.0656. The van der Waals surface area contributed by atoms with Crippen molar-refractivity contribution in [3.63, 3.8) is 0 Å². The fourth-order valence-electron chi connectivity index (χ4n) is 2.74. The van der Waals surface area contributed by atoms with Crippen LogP contribution < -0.4 is 10.6 Å². The Morgan fingerprint density at radius 2 is 1.79 bits per heavy atom. The van der Waals surface area contributed by atoms with Crippen LogP contribution in [-0.4, -0.2) is 37.6 Å². The third kappa shape index (κ3) is 3.95. The molecule has 10 nitrogen and oxygen atoms in total. The first kappa shape index (κ1) is 17.6. The second-order valence-corrected chi connectivity index (χ2v) is 6.46. The highest BCUT2D eigenvalue weighted by Gasteiger charge is 2.28. The van der Waals surface area contributed by atoms with E-state index in [9.17, 15) is 14.9 Å². The molecule has 2 aromatic carbocycles. The van der Waals surface area contributed by atoms with Gasteiger partial charge in [0.05, 0.1) is 17.5 Å². The van der Waals surface area contributed by atoms with Crippen molar-refractivity contribution in [2.75, 3.05) is 17.2 Å². The summed E-state index contributed by atoms with van der Waals surface area (Å²) < 4.78 is 1.85. The number of anilines is 2. The average Bonchev–Trinajstić information content (AvgIpc) is 3.44. The van der Waals surface area contributed by atoms with Gasteiger partial charge in [-0.2, -0.15) is 0 Å². The van der Waals surface area contributed by atoms with Crippen LogP contribution in [-0.2, 0) is 4.79 Å². The summed E-state index contributed by atoms with van der Waals surface area (Å²) in [5.74, 6) is 0.487. The van der Waals surface area contributed by atoms with E-state index in [1.807, 2.05) is 28.9 Å². The summed E-state index contributed by atoms with van der Waals surface area (Å²) in [5.41, 5.74) is 2.18. The minimum atomic E-state index is -0.486. The third-order valence-electron chi connectivity index (χ3n) is 4.34. The van der Waals surface area contributed by atoms with Gasteiger partial charge in [0.25, 0.3) is 5.69 Å². The molecule has 3 aromatic rings. The molecule has 0 aliphatic heterocycles. The number of carbonyl (C=O) groups is 1. The number of amides is 1. The van der Waals surface area contributed by atoms with Crippen molar-refractivity contribution >= 4 is 23.0 Å². The number of aromatic nitrogens is 4. The molecule has 0 spiro atoms. The SMILES string of the molecule is O=C(CNc1ccc(-c2nnnn2C2CC2)cc1)Nc1ccc([N+](=O)[O-])cc1. The Labute approximate surface area is 159 Å². The monoisotopic (exact) mass is 379 g/mol. The van der Waals surface area contributed by atoms with Crippen LogP contribution in [0.2, 0.25) is 0 Å². The number of nitrogens with zero attached hydrogens (tertiary/aromatic N) is 5. The number of non-ortho nitro benzene ring substituents is 1. The molecular weight excluding hydrogens is 362 g/mol. The quantitative estimate of drug-likeness (QED) is 0.477. The highest BCUT2D eigenvalue weighted by atomic mass is 16.6. The maximum absolute atomic E-state index is 12.0. The molecule has 10 heteroatoms. The van der Waals surface area contributed by atoms with Gasteiger partial charge in [-0.05, 0) is 59.7 Å². The molecule has 0 radical (unpaired) electrons. The van der Waals surface area contributed by atoms with E-state index in [0.717, 1.165) is 29.9 Å². The number of hydrogen-bond donors (Lipinski definition) is 2. The zero-order valence-electron chi connectivity index (χ0n) is 14.8. The zero-order valence-corrected chi connectivity index (χ0v) is 14.8. The Kier molecular flexibility index (Phi) is 4.67. The Morgan fingerprint density at radius 3 is 2.43 bits per heavy atom. The van der Waals surface area contributed by atoms with Crippen LogP contribution in [0.1, 0.15) is 18.9 Å². The molecule has 4 rings (SSSR count). The van der Waals surface area contributed by atoms with E-state index in [1.165, 1.54) is 24.3 Å². The molecule has 2 N–H and O–H groups in total. The lowest BCUT2D eigenvalue weighted by atomic mass is 10.2. The van der Waals surface area contributed by atoms with Gasteiger partial charge < -0.3 is 10.6 Å². The number of hydrogen-bond acceptors (Lipinski definition) is 7. The normalized spacial score (nSPS) is 13.1. The minimum absolute atomic E-state index is 0.0241. The standard InChI is InChI=1S/C18H17N7O3/c26-17(20-14-5-7-16(8-6-14)25(27)28)11-19-13-3-1-12(2-4-13)18-21-22-23-24(18)15-9-10-15/h1-8,15,19H,9-11H2,(H,20,26). The molecule has 1 aliphatic carbocycles. The molecule has 0 bridgehead atoms. The Hall–Kier alpha value is -3.82. The Morgan fingerprint density at radius 1 is 1.11 bits per heavy atom. The molecule has 1 aliphatic rings. The maximum atomic E-state index is 12.0. The Balaban J connectivity index is 1.32. The van der Waals surface area contributed by atoms with Gasteiger partial charge in [-0.1, -0.05) is 0 Å². The van der Waals surface area contributed by atoms with Gasteiger partial charge >= 0.3 is 0 Å². The molecule has 1 heterocycles. The molecule has 0 atom stereocenters. The van der Waals surface area contributed by atoms with Crippen LogP contribution in [0.15, 0.2) is 48.5 Å². The van der Waals surface area contributed by atoms with Crippen LogP contribution >= 0.6 is 0 Å². The maximum Gasteiger partial charge on any atom is 0.269 e. The predicted molar refractivity (Wildman–Crippen MR) is 102 cm³/mol. The van der Waals surface area contributed by atoms with Crippen molar-refractivity contribution in [2.24, 2.45) is 0 Å². The number of tetrazole rings is 1. The van der Waals surface area contributed by atoms with Crippen molar-refractivity contribution in [2.45, 2.75) is 18.9 Å². The van der Waals surface area contributed by atoms with Crippen molar-refractivity contribution in [3.8, 4) is 11.4 Å². The second-order valence-electron chi connectivity index (χ2n) is 6.46. The van der Waals surface area contributed by atoms with Crippen LogP contribution in [0.5, 0.6) is 0 Å². The molecule has 1 fully saturated rings. The number of nitro benzene ring substituents is 1. The van der Waals surface area contributed by atoms with E-state index in [2.05, 4.69) is 26.2 Å². The first-order chi connectivity index (χ1) is 13.6. The molecule has 28 heavy (non-hydrogen) atoms. The van der Waals surface area contributed by atoms with E-state index in [4.69, 9.17) is 0 Å². The van der Waals surface area contributed by atoms with Gasteiger partial charge in [-0.25, -0.2) is 4.68 Å². The van der Waals surface area contributed by atoms with Crippen molar-refractivity contribution in [1.29, 1.82) is 0 Å². The molecule has 142 valence electrons. The summed E-state index contributed by atoms with van der Waals surface area (Å²) in [6.07, 6.45) is 2.20. The topological polar surface area (TPSA) is 128 Å². The van der Waals surface area contributed by atoms with Gasteiger partial charge in [0.2, 0.25) is 5.91 Å². The highest BCUT2D eigenvalue weighted by molar-refractivity contribution is 5.93. The van der Waals surface area contributed by atoms with Crippen LogP contribution in [0, 0.1) is 10.1 Å². The lowest BCUT2D eigenvalue weighted by molar-refractivity contribution is -0.384. The molecule has 1 amide bonds. The van der Waals surface area contributed by atoms with Crippen molar-refractivity contribution < 1.29 is 9.72 Å². The van der Waals surface area contributed by atoms with Gasteiger partial charge in [0, 0.05) is 29.1 Å². The second kappa shape index (κ2) is 7.43. The van der Waals surface area contributed by atoms with Crippen LogP contribution in [0.4, 0.5) is 17.1 Å². The molecule has 0 saturated heterocycles. The summed E-state index contributed by atoms with van der Waals surface area (Å²) in [6, 6.07) is 13.6. The smallest absolute Gasteiger partial charge is 0.269 e. The van der Waals surface area contributed by atoms with Gasteiger partial charge in [-0.15, -0.1) is 5.10 Å². The third-order valence-corrected chi connectivity index (χ3v) is 4.34. The van der Waals surface area contributed by atoms with E-state index in [0.29, 0.717) is 11.7 Å². The highest BCUT2D eigenvalue weighted by Crippen LogP contribution is 2.36. The first-order valence-corrected chi connectivity index (χ1v) is 8.76. The van der Waals surface area contributed by atoms with Gasteiger partial charge in [0.1, 0.15) is 0 Å². The number of nitro groups is 1. The summed E-state index contributed by atoms with van der Waals surface area (Å²) in [4.78, 5) is 22.2. The lowest BCUT2D eigenvalue weighted by Crippen LogP contribution is -2.21. The van der Waals surface area contributed by atoms with Crippen LogP contribution in [0.3, 0.4) is 0 Å². The van der Waals surface area contributed by atoms with E-state index in [-0.39, 0.29) is 18.1 Å². The Bertz CT molecular complexity index is 995. The summed E-state index contributed by atoms with van der Waals surface area (Å²) in [7, 11) is 0. The van der Waals surface area contributed by atoms with Gasteiger partial charge in [-0.3, -0.25) is 14.9 Å². The van der Waals surface area contributed by atoms with E-state index >= 15 is 0 Å². The summed E-state index contributed by atoms with van der Waals surface area (Å²) in [5, 5.41) is 28.3.